The van der Waals surface area contributed by atoms with Crippen molar-refractivity contribution >= 4 is 5.71 Å². The number of fused-ring (bicyclic) bond motifs is 2. The lowest BCUT2D eigenvalue weighted by atomic mass is 9.82. The first-order valence-electron chi connectivity index (χ1n) is 4.40. The molecule has 0 amide bonds. The highest BCUT2D eigenvalue weighted by atomic mass is 16.6. The van der Waals surface area contributed by atoms with Gasteiger partial charge in [-0.05, 0) is 12.8 Å². The molecule has 0 spiro atoms. The second-order valence-electron chi connectivity index (χ2n) is 3.68. The summed E-state index contributed by atoms with van der Waals surface area (Å²) >= 11 is 0. The smallest absolute Gasteiger partial charge is 0.126 e. The maximum Gasteiger partial charge on any atom is 0.126 e. The molecule has 4 heteroatoms. The molecule has 1 N–H and O–H groups in total. The van der Waals surface area contributed by atoms with E-state index in [1.807, 2.05) is 0 Å². The van der Waals surface area contributed by atoms with Gasteiger partial charge in [0.05, 0.1) is 24.0 Å². The van der Waals surface area contributed by atoms with Crippen LogP contribution in [0.25, 0.3) is 0 Å². The van der Waals surface area contributed by atoms with Gasteiger partial charge >= 0.3 is 0 Å². The zero-order valence-corrected chi connectivity index (χ0v) is 6.64. The molecule has 4 nitrogen and oxygen atoms in total. The fourth-order valence-corrected chi connectivity index (χ4v) is 2.44. The topological polar surface area (TPSA) is 51.1 Å². The average molecular weight is 169 g/mol. The quantitative estimate of drug-likeness (QED) is 0.425. The lowest BCUT2D eigenvalue weighted by Crippen LogP contribution is -2.62. The van der Waals surface area contributed by atoms with Crippen LogP contribution in [0.4, 0.5) is 0 Å². The Hall–Kier alpha value is -0.610. The van der Waals surface area contributed by atoms with Gasteiger partial charge in [0.15, 0.2) is 0 Å². The molecule has 0 saturated carbocycles. The van der Waals surface area contributed by atoms with E-state index >= 15 is 0 Å². The summed E-state index contributed by atoms with van der Waals surface area (Å²) in [6.07, 6.45) is 3.40. The van der Waals surface area contributed by atoms with Crippen LogP contribution in [-0.4, -0.2) is 35.3 Å². The van der Waals surface area contributed by atoms with Gasteiger partial charge < -0.3 is 14.7 Å². The largest absolute Gasteiger partial charge is 0.411 e. The average Bonchev–Trinajstić information content (AvgIpc) is 2.17. The highest BCUT2D eigenvalue weighted by Crippen LogP contribution is 2.40. The summed E-state index contributed by atoms with van der Waals surface area (Å²) in [6, 6.07) is 0. The summed E-state index contributed by atoms with van der Waals surface area (Å²) in [5.41, 5.74) is 0.771. The minimum Gasteiger partial charge on any atom is -0.411 e. The Morgan fingerprint density at radius 2 is 2.00 bits per heavy atom. The lowest BCUT2D eigenvalue weighted by Gasteiger charge is -2.51. The van der Waals surface area contributed by atoms with Crippen molar-refractivity contribution < 1.29 is 14.7 Å². The van der Waals surface area contributed by atoms with E-state index in [1.54, 1.807) is 0 Å². The Morgan fingerprint density at radius 3 is 2.58 bits per heavy atom. The van der Waals surface area contributed by atoms with Crippen molar-refractivity contribution in [3.63, 3.8) is 0 Å². The third-order valence-corrected chi connectivity index (χ3v) is 3.03. The molecule has 4 unspecified atom stereocenters. The number of hydrogen-bond acceptors (Lipinski definition) is 4. The Balaban J connectivity index is 1.96. The number of hydrogen-bond donors (Lipinski definition) is 1. The van der Waals surface area contributed by atoms with E-state index in [1.165, 1.54) is 0 Å². The van der Waals surface area contributed by atoms with Crippen molar-refractivity contribution in [1.82, 2.24) is 0 Å². The number of ether oxygens (including phenoxy) is 2. The molecule has 4 bridgehead atoms. The van der Waals surface area contributed by atoms with E-state index in [0.717, 1.165) is 25.0 Å². The molecule has 0 aromatic heterocycles. The van der Waals surface area contributed by atoms with Gasteiger partial charge in [0, 0.05) is 6.42 Å². The molecule has 5 aliphatic rings. The maximum absolute atomic E-state index is 8.69. The van der Waals surface area contributed by atoms with E-state index in [9.17, 15) is 0 Å². The van der Waals surface area contributed by atoms with E-state index in [-0.39, 0.29) is 24.4 Å². The predicted octanol–water partition coefficient (Wildman–Crippen LogP) is 0.535. The van der Waals surface area contributed by atoms with Crippen LogP contribution < -0.4 is 0 Å². The van der Waals surface area contributed by atoms with Gasteiger partial charge in [0.1, 0.15) is 6.10 Å². The van der Waals surface area contributed by atoms with E-state index in [0.29, 0.717) is 0 Å². The molecule has 0 aliphatic carbocycles. The highest BCUT2D eigenvalue weighted by Gasteiger charge is 2.51. The fourth-order valence-electron chi connectivity index (χ4n) is 2.44. The van der Waals surface area contributed by atoms with Gasteiger partial charge in [-0.3, -0.25) is 0 Å². The van der Waals surface area contributed by atoms with Gasteiger partial charge in [-0.1, -0.05) is 5.16 Å². The molecule has 5 heterocycles. The van der Waals surface area contributed by atoms with E-state index in [4.69, 9.17) is 14.7 Å². The summed E-state index contributed by atoms with van der Waals surface area (Å²) in [4.78, 5) is 0. The first-order valence-corrected chi connectivity index (χ1v) is 4.40. The van der Waals surface area contributed by atoms with Crippen molar-refractivity contribution in [2.75, 3.05) is 0 Å². The van der Waals surface area contributed by atoms with Crippen LogP contribution in [0.3, 0.4) is 0 Å². The molecule has 4 atom stereocenters. The maximum atomic E-state index is 8.69. The molecular formula is C8H11NO3. The fraction of sp³-hybridized carbons (Fsp3) is 0.875. The van der Waals surface area contributed by atoms with Crippen molar-refractivity contribution in [1.29, 1.82) is 0 Å². The van der Waals surface area contributed by atoms with Crippen molar-refractivity contribution in [2.24, 2.45) is 5.16 Å². The lowest BCUT2D eigenvalue weighted by molar-refractivity contribution is -0.248. The first kappa shape index (κ1) is 6.86. The summed E-state index contributed by atoms with van der Waals surface area (Å²) in [6.45, 7) is 0. The SMILES string of the molecule is O/N=C1\CC2OC3CCC2OC13. The third kappa shape index (κ3) is 0.716. The second kappa shape index (κ2) is 2.20. The normalized spacial score (nSPS) is 53.5. The predicted molar refractivity (Wildman–Crippen MR) is 40.4 cm³/mol. The van der Waals surface area contributed by atoms with Crippen molar-refractivity contribution in [2.45, 2.75) is 43.7 Å². The third-order valence-electron chi connectivity index (χ3n) is 3.03. The summed E-state index contributed by atoms with van der Waals surface area (Å²) in [5, 5.41) is 12.0. The molecule has 5 rings (SSSR count). The van der Waals surface area contributed by atoms with Crippen LogP contribution in [0.5, 0.6) is 0 Å². The van der Waals surface area contributed by atoms with Crippen LogP contribution in [0, 0.1) is 0 Å². The van der Waals surface area contributed by atoms with E-state index < -0.39 is 0 Å². The minimum absolute atomic E-state index is 0.0567. The van der Waals surface area contributed by atoms with E-state index in [2.05, 4.69) is 5.16 Å². The summed E-state index contributed by atoms with van der Waals surface area (Å²) < 4.78 is 11.4. The van der Waals surface area contributed by atoms with Gasteiger partial charge in [0.2, 0.25) is 0 Å². The molecule has 0 aromatic carbocycles. The zero-order valence-electron chi connectivity index (χ0n) is 6.64. The Bertz CT molecular complexity index is 240. The number of nitrogens with zero attached hydrogens (tertiary/aromatic N) is 1. The van der Waals surface area contributed by atoms with Crippen LogP contribution in [0.2, 0.25) is 0 Å². The molecule has 0 aromatic rings. The molecule has 66 valence electrons. The van der Waals surface area contributed by atoms with Gasteiger partial charge in [-0.15, -0.1) is 0 Å². The first-order chi connectivity index (χ1) is 5.88. The van der Waals surface area contributed by atoms with Crippen LogP contribution in [0.1, 0.15) is 19.3 Å². The highest BCUT2D eigenvalue weighted by molar-refractivity contribution is 5.90. The Labute approximate surface area is 70.1 Å². The molecular weight excluding hydrogens is 158 g/mol. The van der Waals surface area contributed by atoms with Gasteiger partial charge in [0.25, 0.3) is 0 Å². The summed E-state index contributed by atoms with van der Waals surface area (Å²) in [7, 11) is 0. The Kier molecular flexibility index (Phi) is 1.26. The second-order valence-corrected chi connectivity index (χ2v) is 3.68. The monoisotopic (exact) mass is 169 g/mol. The van der Waals surface area contributed by atoms with Crippen LogP contribution in [-0.2, 0) is 9.47 Å². The molecule has 5 aliphatic heterocycles. The number of rotatable bonds is 0. The van der Waals surface area contributed by atoms with Crippen LogP contribution >= 0.6 is 0 Å². The number of oxime groups is 1. The van der Waals surface area contributed by atoms with Gasteiger partial charge in [-0.25, -0.2) is 0 Å². The van der Waals surface area contributed by atoms with Crippen molar-refractivity contribution in [3.05, 3.63) is 0 Å². The summed E-state index contributed by atoms with van der Waals surface area (Å²) in [5.74, 6) is 0. The Morgan fingerprint density at radius 1 is 1.17 bits per heavy atom. The molecule has 5 saturated heterocycles. The van der Waals surface area contributed by atoms with Gasteiger partial charge in [-0.2, -0.15) is 0 Å². The van der Waals surface area contributed by atoms with Crippen molar-refractivity contribution in [3.8, 4) is 0 Å². The molecule has 12 heavy (non-hydrogen) atoms. The molecule has 5 fully saturated rings. The zero-order chi connectivity index (χ0) is 8.13. The van der Waals surface area contributed by atoms with Crippen LogP contribution in [0.15, 0.2) is 5.16 Å². The standard InChI is InChI=1S/C8H11NO3/c10-9-4-3-7-5-1-2-6(11-7)8(4)12-5/h5-8,10H,1-3H2/b9-4+. The molecule has 0 radical (unpaired) electrons. The minimum atomic E-state index is -0.0567.